The van der Waals surface area contributed by atoms with E-state index in [9.17, 15) is 4.79 Å². The summed E-state index contributed by atoms with van der Waals surface area (Å²) in [6, 6.07) is 3.75. The standard InChI is InChI=1S/C13H16ClNO2/c1-13(2,3)10-7-5-9(12(14)15-10)6-8-11(16)17-4/h5-8H,1-4H3. The van der Waals surface area contributed by atoms with E-state index in [1.54, 1.807) is 6.08 Å². The van der Waals surface area contributed by atoms with Crippen LogP contribution in [0.3, 0.4) is 0 Å². The van der Waals surface area contributed by atoms with E-state index in [0.717, 1.165) is 5.69 Å². The topological polar surface area (TPSA) is 39.2 Å². The Morgan fingerprint density at radius 2 is 2.06 bits per heavy atom. The summed E-state index contributed by atoms with van der Waals surface area (Å²) in [5, 5.41) is 0.387. The second kappa shape index (κ2) is 5.32. The first-order valence-electron chi connectivity index (χ1n) is 5.27. The van der Waals surface area contributed by atoms with Crippen LogP contribution in [0.25, 0.3) is 6.08 Å². The first kappa shape index (κ1) is 13.7. The molecule has 0 atom stereocenters. The van der Waals surface area contributed by atoms with Crippen LogP contribution in [0.2, 0.25) is 5.15 Å². The van der Waals surface area contributed by atoms with E-state index < -0.39 is 5.97 Å². The molecule has 0 unspecified atom stereocenters. The fourth-order valence-corrected chi connectivity index (χ4v) is 1.43. The van der Waals surface area contributed by atoms with Crippen LogP contribution in [-0.4, -0.2) is 18.1 Å². The summed E-state index contributed by atoms with van der Waals surface area (Å²) < 4.78 is 4.50. The van der Waals surface area contributed by atoms with Gasteiger partial charge in [0.1, 0.15) is 5.15 Å². The zero-order valence-corrected chi connectivity index (χ0v) is 11.2. The fourth-order valence-electron chi connectivity index (χ4n) is 1.21. The number of carbonyl (C=O) groups excluding carboxylic acids is 1. The Balaban J connectivity index is 2.99. The zero-order valence-electron chi connectivity index (χ0n) is 10.5. The average Bonchev–Trinajstić information content (AvgIpc) is 2.25. The minimum Gasteiger partial charge on any atom is -0.466 e. The molecule has 0 bridgehead atoms. The Morgan fingerprint density at radius 3 is 2.53 bits per heavy atom. The molecule has 0 saturated carbocycles. The van der Waals surface area contributed by atoms with Crippen molar-refractivity contribution >= 4 is 23.6 Å². The quantitative estimate of drug-likeness (QED) is 0.462. The highest BCUT2D eigenvalue weighted by Crippen LogP contribution is 2.24. The second-order valence-electron chi connectivity index (χ2n) is 4.68. The molecule has 0 aliphatic rings. The Kier molecular flexibility index (Phi) is 4.29. The fraction of sp³-hybridized carbons (Fsp3) is 0.385. The number of hydrogen-bond donors (Lipinski definition) is 0. The summed E-state index contributed by atoms with van der Waals surface area (Å²) in [7, 11) is 1.33. The SMILES string of the molecule is COC(=O)C=Cc1ccc(C(C)(C)C)nc1Cl. The largest absolute Gasteiger partial charge is 0.466 e. The van der Waals surface area contributed by atoms with E-state index in [1.807, 2.05) is 12.1 Å². The van der Waals surface area contributed by atoms with E-state index >= 15 is 0 Å². The highest BCUT2D eigenvalue weighted by molar-refractivity contribution is 6.30. The van der Waals surface area contributed by atoms with Gasteiger partial charge in [0.15, 0.2) is 0 Å². The monoisotopic (exact) mass is 253 g/mol. The van der Waals surface area contributed by atoms with E-state index in [1.165, 1.54) is 13.2 Å². The minimum atomic E-state index is -0.416. The molecule has 4 heteroatoms. The van der Waals surface area contributed by atoms with E-state index in [4.69, 9.17) is 11.6 Å². The van der Waals surface area contributed by atoms with Crippen LogP contribution in [-0.2, 0) is 14.9 Å². The summed E-state index contributed by atoms with van der Waals surface area (Å²) in [6.45, 7) is 6.20. The van der Waals surface area contributed by atoms with Gasteiger partial charge in [0, 0.05) is 22.7 Å². The highest BCUT2D eigenvalue weighted by Gasteiger charge is 2.16. The lowest BCUT2D eigenvalue weighted by Gasteiger charge is -2.18. The van der Waals surface area contributed by atoms with Crippen molar-refractivity contribution in [3.8, 4) is 0 Å². The molecular weight excluding hydrogens is 238 g/mol. The molecule has 0 saturated heterocycles. The predicted octanol–water partition coefficient (Wildman–Crippen LogP) is 3.22. The molecule has 0 amide bonds. The lowest BCUT2D eigenvalue weighted by Crippen LogP contribution is -2.13. The van der Waals surface area contributed by atoms with Crippen molar-refractivity contribution in [2.45, 2.75) is 26.2 Å². The summed E-state index contributed by atoms with van der Waals surface area (Å²) in [5.74, 6) is -0.416. The van der Waals surface area contributed by atoms with E-state index in [2.05, 4.69) is 30.5 Å². The third kappa shape index (κ3) is 3.86. The molecule has 0 radical (unpaired) electrons. The highest BCUT2D eigenvalue weighted by atomic mass is 35.5. The number of hydrogen-bond acceptors (Lipinski definition) is 3. The first-order chi connectivity index (χ1) is 7.84. The molecule has 1 rings (SSSR count). The average molecular weight is 254 g/mol. The van der Waals surface area contributed by atoms with Crippen molar-refractivity contribution < 1.29 is 9.53 Å². The van der Waals surface area contributed by atoms with Crippen molar-refractivity contribution in [1.29, 1.82) is 0 Å². The third-order valence-corrected chi connectivity index (χ3v) is 2.55. The second-order valence-corrected chi connectivity index (χ2v) is 5.04. The van der Waals surface area contributed by atoms with Gasteiger partial charge in [0.25, 0.3) is 0 Å². The van der Waals surface area contributed by atoms with Gasteiger partial charge >= 0.3 is 5.97 Å². The number of ether oxygens (including phenoxy) is 1. The van der Waals surface area contributed by atoms with Crippen LogP contribution in [0.1, 0.15) is 32.0 Å². The summed E-state index contributed by atoms with van der Waals surface area (Å²) in [5.41, 5.74) is 1.57. The van der Waals surface area contributed by atoms with E-state index in [-0.39, 0.29) is 5.41 Å². The van der Waals surface area contributed by atoms with Crippen LogP contribution in [0.4, 0.5) is 0 Å². The molecule has 1 heterocycles. The van der Waals surface area contributed by atoms with Crippen LogP contribution in [0.5, 0.6) is 0 Å². The summed E-state index contributed by atoms with van der Waals surface area (Å²) in [6.07, 6.45) is 2.91. The van der Waals surface area contributed by atoms with Gasteiger partial charge in [0.2, 0.25) is 0 Å². The maximum atomic E-state index is 11.0. The lowest BCUT2D eigenvalue weighted by molar-refractivity contribution is -0.134. The molecule has 0 N–H and O–H groups in total. The first-order valence-corrected chi connectivity index (χ1v) is 5.65. The van der Waals surface area contributed by atoms with Crippen LogP contribution in [0, 0.1) is 0 Å². The summed E-state index contributed by atoms with van der Waals surface area (Å²) >= 11 is 6.05. The smallest absolute Gasteiger partial charge is 0.330 e. The molecule has 1 aromatic heterocycles. The number of rotatable bonds is 2. The Bertz CT molecular complexity index is 447. The van der Waals surface area contributed by atoms with Gasteiger partial charge in [-0.1, -0.05) is 38.4 Å². The molecule has 92 valence electrons. The number of halogens is 1. The molecule has 0 aliphatic carbocycles. The third-order valence-electron chi connectivity index (χ3n) is 2.25. The van der Waals surface area contributed by atoms with Crippen LogP contribution in [0.15, 0.2) is 18.2 Å². The molecule has 0 fully saturated rings. The van der Waals surface area contributed by atoms with Crippen molar-refractivity contribution in [2.75, 3.05) is 7.11 Å². The normalized spacial score (nSPS) is 11.8. The van der Waals surface area contributed by atoms with Gasteiger partial charge in [-0.15, -0.1) is 0 Å². The number of nitrogens with zero attached hydrogens (tertiary/aromatic N) is 1. The zero-order chi connectivity index (χ0) is 13.1. The predicted molar refractivity (Wildman–Crippen MR) is 69.0 cm³/mol. The van der Waals surface area contributed by atoms with Crippen molar-refractivity contribution in [1.82, 2.24) is 4.98 Å². The molecule has 0 spiro atoms. The molecular formula is C13H16ClNO2. The molecule has 3 nitrogen and oxygen atoms in total. The van der Waals surface area contributed by atoms with Crippen LogP contribution < -0.4 is 0 Å². The molecule has 17 heavy (non-hydrogen) atoms. The van der Waals surface area contributed by atoms with Gasteiger partial charge in [-0.25, -0.2) is 9.78 Å². The molecule has 0 aliphatic heterocycles. The number of aromatic nitrogens is 1. The number of carbonyl (C=O) groups is 1. The number of methoxy groups -OCH3 is 1. The van der Waals surface area contributed by atoms with Crippen LogP contribution >= 0.6 is 11.6 Å². The van der Waals surface area contributed by atoms with Crippen molar-refractivity contribution in [3.63, 3.8) is 0 Å². The molecule has 1 aromatic rings. The van der Waals surface area contributed by atoms with Crippen molar-refractivity contribution in [3.05, 3.63) is 34.6 Å². The lowest BCUT2D eigenvalue weighted by atomic mass is 9.91. The van der Waals surface area contributed by atoms with Gasteiger partial charge in [0.05, 0.1) is 7.11 Å². The van der Waals surface area contributed by atoms with Gasteiger partial charge in [-0.2, -0.15) is 0 Å². The maximum Gasteiger partial charge on any atom is 0.330 e. The minimum absolute atomic E-state index is 0.0474. The summed E-state index contributed by atoms with van der Waals surface area (Å²) in [4.78, 5) is 15.3. The Labute approximate surface area is 106 Å². The van der Waals surface area contributed by atoms with Crippen molar-refractivity contribution in [2.24, 2.45) is 0 Å². The van der Waals surface area contributed by atoms with Gasteiger partial charge in [-0.05, 0) is 12.1 Å². The number of esters is 1. The molecule has 0 aromatic carbocycles. The Morgan fingerprint density at radius 1 is 1.41 bits per heavy atom. The van der Waals surface area contributed by atoms with E-state index in [0.29, 0.717) is 10.7 Å². The number of pyridine rings is 1. The van der Waals surface area contributed by atoms with Gasteiger partial charge < -0.3 is 4.74 Å². The maximum absolute atomic E-state index is 11.0. The Hall–Kier alpha value is -1.35. The van der Waals surface area contributed by atoms with Gasteiger partial charge in [-0.3, -0.25) is 0 Å².